The third-order valence-corrected chi connectivity index (χ3v) is 4.54. The number of benzene rings is 2. The monoisotopic (exact) mass is 381 g/mol. The number of hydrogen-bond acceptors (Lipinski definition) is 3. The molecule has 0 aliphatic heterocycles. The zero-order valence-electron chi connectivity index (χ0n) is 14.1. The molecular formula is C19H21Cl2NO3. The number of carboxylic acid groups (broad SMARTS) is 1. The summed E-state index contributed by atoms with van der Waals surface area (Å²) in [6.45, 7) is 4.50. The third kappa shape index (κ3) is 5.63. The molecule has 4 nitrogen and oxygen atoms in total. The van der Waals surface area contributed by atoms with Crippen molar-refractivity contribution in [2.24, 2.45) is 5.92 Å². The van der Waals surface area contributed by atoms with Crippen LogP contribution >= 0.6 is 23.2 Å². The number of para-hydroxylation sites is 1. The number of aliphatic carboxylic acids is 1. The van der Waals surface area contributed by atoms with Crippen molar-refractivity contribution in [3.8, 4) is 5.75 Å². The summed E-state index contributed by atoms with van der Waals surface area (Å²) in [5.74, 6) is -0.167. The molecule has 0 aromatic heterocycles. The van der Waals surface area contributed by atoms with Crippen molar-refractivity contribution in [3.05, 3.63) is 63.6 Å². The Bertz CT molecular complexity index is 734. The Labute approximate surface area is 157 Å². The summed E-state index contributed by atoms with van der Waals surface area (Å²) in [7, 11) is 0. The van der Waals surface area contributed by atoms with Gasteiger partial charge in [0.25, 0.3) is 0 Å². The van der Waals surface area contributed by atoms with Crippen molar-refractivity contribution in [1.82, 2.24) is 5.32 Å². The van der Waals surface area contributed by atoms with E-state index in [-0.39, 0.29) is 5.92 Å². The quantitative estimate of drug-likeness (QED) is 0.691. The second kappa shape index (κ2) is 9.09. The summed E-state index contributed by atoms with van der Waals surface area (Å²) in [6.07, 6.45) is 0. The standard InChI is InChI=1S/C19H21Cl2NO3/c1-12(2)18(19(23)24)22-10-14-5-3-4-6-17(14)25-11-13-7-8-15(20)16(21)9-13/h3-9,12,18,22H,10-11H2,1-2H3,(H,23,24). The van der Waals surface area contributed by atoms with Gasteiger partial charge in [0.15, 0.2) is 0 Å². The average molecular weight is 382 g/mol. The van der Waals surface area contributed by atoms with Gasteiger partial charge in [-0.1, -0.05) is 61.3 Å². The van der Waals surface area contributed by atoms with Gasteiger partial charge in [-0.3, -0.25) is 10.1 Å². The molecule has 2 rings (SSSR count). The normalized spacial score (nSPS) is 12.2. The van der Waals surface area contributed by atoms with Gasteiger partial charge >= 0.3 is 5.97 Å². The second-order valence-electron chi connectivity index (χ2n) is 6.09. The molecule has 0 amide bonds. The van der Waals surface area contributed by atoms with Crippen LogP contribution in [0.4, 0.5) is 0 Å². The Morgan fingerprint density at radius 2 is 1.88 bits per heavy atom. The number of ether oxygens (including phenoxy) is 1. The lowest BCUT2D eigenvalue weighted by Gasteiger charge is -2.19. The second-order valence-corrected chi connectivity index (χ2v) is 6.90. The number of hydrogen-bond donors (Lipinski definition) is 2. The summed E-state index contributed by atoms with van der Waals surface area (Å²) in [6, 6.07) is 12.3. The number of rotatable bonds is 8. The molecule has 0 radical (unpaired) electrons. The van der Waals surface area contributed by atoms with Crippen LogP contribution in [0.3, 0.4) is 0 Å². The van der Waals surface area contributed by atoms with Crippen molar-refractivity contribution in [2.45, 2.75) is 33.0 Å². The molecular weight excluding hydrogens is 361 g/mol. The zero-order chi connectivity index (χ0) is 18.4. The van der Waals surface area contributed by atoms with E-state index in [4.69, 9.17) is 27.9 Å². The van der Waals surface area contributed by atoms with E-state index in [1.807, 2.05) is 44.2 Å². The van der Waals surface area contributed by atoms with Crippen LogP contribution in [-0.4, -0.2) is 17.1 Å². The molecule has 0 saturated heterocycles. The van der Waals surface area contributed by atoms with E-state index in [2.05, 4.69) is 5.32 Å². The summed E-state index contributed by atoms with van der Waals surface area (Å²) in [5.41, 5.74) is 1.80. The molecule has 134 valence electrons. The number of carbonyl (C=O) groups is 1. The highest BCUT2D eigenvalue weighted by molar-refractivity contribution is 6.42. The SMILES string of the molecule is CC(C)C(NCc1ccccc1OCc1ccc(Cl)c(Cl)c1)C(=O)O. The van der Waals surface area contributed by atoms with Gasteiger partial charge in [-0.15, -0.1) is 0 Å². The average Bonchev–Trinajstić information content (AvgIpc) is 2.56. The first-order chi connectivity index (χ1) is 11.9. The Kier molecular flexibility index (Phi) is 7.12. The Hall–Kier alpha value is -1.75. The van der Waals surface area contributed by atoms with Gasteiger partial charge in [-0.2, -0.15) is 0 Å². The molecule has 0 fully saturated rings. The maximum atomic E-state index is 11.3. The molecule has 0 aliphatic carbocycles. The summed E-state index contributed by atoms with van der Waals surface area (Å²) in [5, 5.41) is 13.3. The van der Waals surface area contributed by atoms with Gasteiger partial charge in [0.1, 0.15) is 18.4 Å². The smallest absolute Gasteiger partial charge is 0.320 e. The maximum absolute atomic E-state index is 11.3. The molecule has 6 heteroatoms. The number of nitrogens with one attached hydrogen (secondary N) is 1. The van der Waals surface area contributed by atoms with Crippen LogP contribution in [0.5, 0.6) is 5.75 Å². The van der Waals surface area contributed by atoms with Crippen LogP contribution in [0.2, 0.25) is 10.0 Å². The van der Waals surface area contributed by atoms with Crippen LogP contribution in [-0.2, 0) is 17.9 Å². The van der Waals surface area contributed by atoms with E-state index < -0.39 is 12.0 Å². The molecule has 0 saturated carbocycles. The van der Waals surface area contributed by atoms with Crippen LogP contribution in [0.25, 0.3) is 0 Å². The Morgan fingerprint density at radius 1 is 1.16 bits per heavy atom. The minimum Gasteiger partial charge on any atom is -0.489 e. The van der Waals surface area contributed by atoms with Crippen LogP contribution in [0.15, 0.2) is 42.5 Å². The third-order valence-electron chi connectivity index (χ3n) is 3.80. The van der Waals surface area contributed by atoms with Gasteiger partial charge in [0.2, 0.25) is 0 Å². The molecule has 2 N–H and O–H groups in total. The molecule has 25 heavy (non-hydrogen) atoms. The van der Waals surface area contributed by atoms with Crippen molar-refractivity contribution >= 4 is 29.2 Å². The molecule has 0 spiro atoms. The van der Waals surface area contributed by atoms with Gasteiger partial charge in [0.05, 0.1) is 10.0 Å². The first-order valence-corrected chi connectivity index (χ1v) is 8.75. The predicted molar refractivity (Wildman–Crippen MR) is 100 cm³/mol. The maximum Gasteiger partial charge on any atom is 0.320 e. The first kappa shape index (κ1) is 19.6. The molecule has 0 bridgehead atoms. The fourth-order valence-corrected chi connectivity index (χ4v) is 2.73. The summed E-state index contributed by atoms with van der Waals surface area (Å²) >= 11 is 11.9. The molecule has 0 heterocycles. The topological polar surface area (TPSA) is 58.6 Å². The highest BCUT2D eigenvalue weighted by Gasteiger charge is 2.20. The van der Waals surface area contributed by atoms with E-state index >= 15 is 0 Å². The van der Waals surface area contributed by atoms with Crippen molar-refractivity contribution in [2.75, 3.05) is 0 Å². The fourth-order valence-electron chi connectivity index (χ4n) is 2.41. The van der Waals surface area contributed by atoms with Gasteiger partial charge in [0, 0.05) is 12.1 Å². The minimum atomic E-state index is -0.857. The van der Waals surface area contributed by atoms with E-state index in [0.29, 0.717) is 28.9 Å². The molecule has 1 atom stereocenters. The minimum absolute atomic E-state index is 0.0122. The lowest BCUT2D eigenvalue weighted by molar-refractivity contribution is -0.140. The highest BCUT2D eigenvalue weighted by Crippen LogP contribution is 2.24. The molecule has 2 aromatic carbocycles. The molecule has 2 aromatic rings. The highest BCUT2D eigenvalue weighted by atomic mass is 35.5. The predicted octanol–water partition coefficient (Wildman–Crippen LogP) is 4.77. The molecule has 1 unspecified atom stereocenters. The number of carboxylic acids is 1. The lowest BCUT2D eigenvalue weighted by atomic mass is 10.0. The van der Waals surface area contributed by atoms with Crippen LogP contribution < -0.4 is 10.1 Å². The Balaban J connectivity index is 2.04. The van der Waals surface area contributed by atoms with Crippen LogP contribution in [0, 0.1) is 5.92 Å². The van der Waals surface area contributed by atoms with E-state index in [9.17, 15) is 9.90 Å². The largest absolute Gasteiger partial charge is 0.489 e. The van der Waals surface area contributed by atoms with Gasteiger partial charge in [-0.25, -0.2) is 0 Å². The van der Waals surface area contributed by atoms with Crippen LogP contribution in [0.1, 0.15) is 25.0 Å². The zero-order valence-corrected chi connectivity index (χ0v) is 15.6. The van der Waals surface area contributed by atoms with Gasteiger partial charge in [-0.05, 0) is 29.7 Å². The van der Waals surface area contributed by atoms with Crippen molar-refractivity contribution in [1.29, 1.82) is 0 Å². The fraction of sp³-hybridized carbons (Fsp3) is 0.316. The molecule has 0 aliphatic rings. The summed E-state index contributed by atoms with van der Waals surface area (Å²) in [4.78, 5) is 11.3. The lowest BCUT2D eigenvalue weighted by Crippen LogP contribution is -2.40. The number of halogens is 2. The Morgan fingerprint density at radius 3 is 2.52 bits per heavy atom. The van der Waals surface area contributed by atoms with E-state index in [0.717, 1.165) is 11.1 Å². The van der Waals surface area contributed by atoms with Crippen molar-refractivity contribution in [3.63, 3.8) is 0 Å². The van der Waals surface area contributed by atoms with E-state index in [1.54, 1.807) is 12.1 Å². The van der Waals surface area contributed by atoms with E-state index in [1.165, 1.54) is 0 Å². The van der Waals surface area contributed by atoms with Gasteiger partial charge < -0.3 is 9.84 Å². The summed E-state index contributed by atoms with van der Waals surface area (Å²) < 4.78 is 5.88. The first-order valence-electron chi connectivity index (χ1n) is 7.99. The van der Waals surface area contributed by atoms with Crippen molar-refractivity contribution < 1.29 is 14.6 Å².